The van der Waals surface area contributed by atoms with Gasteiger partial charge < -0.3 is 27.6 Å². The Morgan fingerprint density at radius 1 is 0.286 bits per heavy atom. The van der Waals surface area contributed by atoms with E-state index in [1.54, 1.807) is 4.57 Å². The van der Waals surface area contributed by atoms with Crippen LogP contribution in [-0.2, 0) is 5.41 Å². The molecule has 0 amide bonds. The summed E-state index contributed by atoms with van der Waals surface area (Å²) in [6, 6.07) is 118. The average Bonchev–Trinajstić information content (AvgIpc) is 1.21. The van der Waals surface area contributed by atoms with Crippen LogP contribution < -0.4 is 26.2 Å². The molecule has 0 N–H and O–H groups in total. The second-order valence-electron chi connectivity index (χ2n) is 32.7. The van der Waals surface area contributed by atoms with Gasteiger partial charge in [0.2, 0.25) is 0 Å². The molecule has 556 valence electrons. The van der Waals surface area contributed by atoms with Crippen LogP contribution in [0.25, 0.3) is 187 Å². The molecule has 2 aliphatic rings. The highest BCUT2D eigenvalue weighted by atomic mass is 16.3. The summed E-state index contributed by atoms with van der Waals surface area (Å²) in [5.41, 5.74) is 28.5. The van der Waals surface area contributed by atoms with Crippen molar-refractivity contribution in [1.29, 1.82) is 0 Å². The van der Waals surface area contributed by atoms with Gasteiger partial charge in [0.15, 0.2) is 0 Å². The van der Waals surface area contributed by atoms with Gasteiger partial charge in [0.25, 0.3) is 6.71 Å². The van der Waals surface area contributed by atoms with E-state index in [1.807, 2.05) is 36.4 Å². The van der Waals surface area contributed by atoms with Crippen LogP contribution in [-0.4, -0.2) is 15.7 Å². The standard InChI is InChI=1S/C112H73BN4O2/c1-112(2,3)76-65-102-106-103(66-76)117(109-90(71-35-14-7-15-36-71)61-75(69-31-10-5-11-32-69)63-93(109)88-47-28-45-86-82-41-20-25-52-105(82)119-111(86)88)101-67-77(114-96-48-21-16-37-78(96)79-38-17-22-49-97(79)114)55-57-95(101)113(106)94-56-53-73(72-54-58-99-91(59-72)84-43-26-42-83-80-39-18-23-50-98(80)115(99)107(83)84)64-100(94)116(102)108-89(70-33-12-6-13-34-70)60-74(68-29-8-4-9-30-68)62-92(108)87-46-27-44-85-81-40-19-24-51-104(81)118-110(85)87/h4-67H,1-3H3/i16D,17D,21D,22D,37D,38D,48D,49D. The monoisotopic (exact) mass is 1520 g/mol. The van der Waals surface area contributed by atoms with Gasteiger partial charge in [0.1, 0.15) is 22.3 Å². The third-order valence-electron chi connectivity index (χ3n) is 25.2. The summed E-state index contributed by atoms with van der Waals surface area (Å²) >= 11 is 0. The molecule has 0 fully saturated rings. The highest BCUT2D eigenvalue weighted by molar-refractivity contribution is 7.00. The number of nitrogens with zero attached hydrogens (tertiary/aromatic N) is 4. The van der Waals surface area contributed by atoms with Crippen molar-refractivity contribution in [3.63, 3.8) is 0 Å². The molecule has 0 unspecified atom stereocenters. The lowest BCUT2D eigenvalue weighted by molar-refractivity contribution is 0.590. The number of anilines is 6. The molecule has 18 aromatic carbocycles. The van der Waals surface area contributed by atoms with Crippen LogP contribution in [0.4, 0.5) is 34.1 Å². The molecule has 25 rings (SSSR count). The number of fused-ring (bicyclic) bond motifs is 19. The minimum Gasteiger partial charge on any atom is -0.455 e. The molecule has 7 heteroatoms. The minimum absolute atomic E-state index is 0.0143. The second-order valence-corrected chi connectivity index (χ2v) is 32.7. The number of hydrogen-bond acceptors (Lipinski definition) is 4. The highest BCUT2D eigenvalue weighted by Crippen LogP contribution is 2.58. The van der Waals surface area contributed by atoms with Gasteiger partial charge in [-0.2, -0.15) is 0 Å². The van der Waals surface area contributed by atoms with E-state index in [0.29, 0.717) is 17.0 Å². The normalized spacial score (nSPS) is 13.7. The summed E-state index contributed by atoms with van der Waals surface area (Å²) in [5, 5.41) is 8.60. The first kappa shape index (κ1) is 59.5. The van der Waals surface area contributed by atoms with Gasteiger partial charge in [-0.1, -0.05) is 312 Å². The Kier molecular flexibility index (Phi) is 12.8. The molecule has 0 atom stereocenters. The quantitative estimate of drug-likeness (QED) is 0.128. The maximum absolute atomic E-state index is 10.0. The number of hydrogen-bond donors (Lipinski definition) is 0. The molecule has 0 bridgehead atoms. The van der Waals surface area contributed by atoms with Crippen molar-refractivity contribution in [2.45, 2.75) is 26.2 Å². The fourth-order valence-electron chi connectivity index (χ4n) is 19.9. The molecule has 0 spiro atoms. The van der Waals surface area contributed by atoms with Crippen LogP contribution in [0.1, 0.15) is 37.3 Å². The van der Waals surface area contributed by atoms with Gasteiger partial charge in [-0.25, -0.2) is 0 Å². The Morgan fingerprint density at radius 2 is 0.714 bits per heavy atom. The van der Waals surface area contributed by atoms with E-state index in [1.165, 1.54) is 21.7 Å². The lowest BCUT2D eigenvalue weighted by atomic mass is 9.33. The van der Waals surface area contributed by atoms with E-state index >= 15 is 0 Å². The van der Waals surface area contributed by atoms with Crippen LogP contribution in [0.3, 0.4) is 0 Å². The molecule has 0 saturated carbocycles. The van der Waals surface area contributed by atoms with Crippen molar-refractivity contribution in [1.82, 2.24) is 8.97 Å². The van der Waals surface area contributed by atoms with Crippen molar-refractivity contribution in [2.24, 2.45) is 0 Å². The molecule has 0 aliphatic carbocycles. The maximum atomic E-state index is 10.0. The molecular weight excluding hydrogens is 1440 g/mol. The van der Waals surface area contributed by atoms with E-state index in [2.05, 4.69) is 338 Å². The Morgan fingerprint density at radius 3 is 1.27 bits per heavy atom. The third-order valence-corrected chi connectivity index (χ3v) is 25.2. The number of furan rings is 2. The Hall–Kier alpha value is -15.2. The van der Waals surface area contributed by atoms with E-state index in [4.69, 9.17) is 8.83 Å². The van der Waals surface area contributed by atoms with E-state index in [0.717, 1.165) is 183 Å². The Balaban J connectivity index is 0.868. The summed E-state index contributed by atoms with van der Waals surface area (Å²) in [6.45, 7) is 6.26. The summed E-state index contributed by atoms with van der Waals surface area (Å²) in [4.78, 5) is 5.04. The van der Waals surface area contributed by atoms with Crippen LogP contribution >= 0.6 is 0 Å². The van der Waals surface area contributed by atoms with Gasteiger partial charge in [-0.3, -0.25) is 0 Å². The first-order chi connectivity index (χ1) is 62.0. The molecule has 23 aromatic rings. The smallest absolute Gasteiger partial charge is 0.252 e. The topological polar surface area (TPSA) is 42.1 Å². The predicted octanol–water partition coefficient (Wildman–Crippen LogP) is 28.8. The van der Waals surface area contributed by atoms with Crippen molar-refractivity contribution in [3.05, 3.63) is 394 Å². The van der Waals surface area contributed by atoms with Crippen LogP contribution in [0.2, 0.25) is 0 Å². The molecule has 6 nitrogen and oxygen atoms in total. The maximum Gasteiger partial charge on any atom is 0.252 e. The Labute approximate surface area is 698 Å². The summed E-state index contributed by atoms with van der Waals surface area (Å²) in [5.74, 6) is 0. The number of benzene rings is 18. The molecule has 119 heavy (non-hydrogen) atoms. The van der Waals surface area contributed by atoms with E-state index in [-0.39, 0.29) is 21.8 Å². The predicted molar refractivity (Wildman–Crippen MR) is 501 cm³/mol. The van der Waals surface area contributed by atoms with Crippen LogP contribution in [0.15, 0.2) is 397 Å². The minimum atomic E-state index is -0.596. The van der Waals surface area contributed by atoms with Crippen LogP contribution in [0, 0.1) is 0 Å². The summed E-state index contributed by atoms with van der Waals surface area (Å²) < 4.78 is 95.6. The summed E-state index contributed by atoms with van der Waals surface area (Å²) in [7, 11) is 0. The molecule has 7 heterocycles. The molecule has 5 aromatic heterocycles. The zero-order valence-electron chi connectivity index (χ0n) is 73.0. The van der Waals surface area contributed by atoms with Gasteiger partial charge in [-0.05, 0) is 169 Å². The molecule has 2 aliphatic heterocycles. The Bertz CT molecular complexity index is 8620. The van der Waals surface area contributed by atoms with Crippen molar-refractivity contribution < 1.29 is 19.8 Å². The van der Waals surface area contributed by atoms with Gasteiger partial charge in [0.05, 0.1) is 49.9 Å². The van der Waals surface area contributed by atoms with Crippen LogP contribution in [0.5, 0.6) is 0 Å². The van der Waals surface area contributed by atoms with Gasteiger partial charge in [0, 0.05) is 116 Å². The fourth-order valence-corrected chi connectivity index (χ4v) is 19.9. The van der Waals surface area contributed by atoms with Gasteiger partial charge in [-0.15, -0.1) is 0 Å². The average molecular weight is 1530 g/mol. The first-order valence-corrected chi connectivity index (χ1v) is 40.7. The highest BCUT2D eigenvalue weighted by Gasteiger charge is 2.47. The fraction of sp³-hybridized carbons (Fsp3) is 0.0357. The third kappa shape index (κ3) is 10.0. The largest absolute Gasteiger partial charge is 0.455 e. The number of para-hydroxylation sites is 8. The van der Waals surface area contributed by atoms with Crippen molar-refractivity contribution >= 4 is 161 Å². The van der Waals surface area contributed by atoms with Crippen molar-refractivity contribution in [3.8, 4) is 83.6 Å². The van der Waals surface area contributed by atoms with E-state index < -0.39 is 60.5 Å². The number of rotatable bonds is 10. The first-order valence-electron chi connectivity index (χ1n) is 44.7. The summed E-state index contributed by atoms with van der Waals surface area (Å²) in [6.07, 6.45) is 0. The lowest BCUT2D eigenvalue weighted by Gasteiger charge is -2.46. The number of aromatic nitrogens is 2. The van der Waals surface area contributed by atoms with Gasteiger partial charge >= 0.3 is 0 Å². The second kappa shape index (κ2) is 25.7. The lowest BCUT2D eigenvalue weighted by Crippen LogP contribution is -2.61. The molecule has 0 radical (unpaired) electrons. The zero-order chi connectivity index (χ0) is 85.4. The molecular formula is C112H73BN4O2. The molecule has 0 saturated heterocycles. The van der Waals surface area contributed by atoms with Crippen molar-refractivity contribution in [2.75, 3.05) is 9.80 Å². The van der Waals surface area contributed by atoms with E-state index in [9.17, 15) is 11.0 Å². The zero-order valence-corrected chi connectivity index (χ0v) is 65.0. The SMILES string of the molecule is [2H]c1c([2H])c([2H])c2c(c1[2H])c1c([2H])c([2H])c([2H])c([2H])c1n2-c1ccc2c(c1)N(c1c(-c3ccccc3)cc(-c3ccccc3)cc1-c1cccc3c1oc1ccccc13)c1cc(C(C)(C)C)cc3c1B2c1ccc(-c2ccc4c(c2)c2cccc5c6ccccc6n4c52)cc1N3c1c(-c2ccccc2)cc(-c2ccccc2)cc1-c1cccc2c1oc1ccccc12.